The maximum absolute atomic E-state index is 12.2. The number of azo groups is 3. The Labute approximate surface area is 340 Å². The molecule has 5 rings (SSSR count). The molecule has 0 aromatic heterocycles. The average Bonchev–Trinajstić information content (AvgIpc) is 3.06. The minimum Gasteiger partial charge on any atom is -0.744 e. The molecule has 0 aliphatic rings. The van der Waals surface area contributed by atoms with Crippen molar-refractivity contribution in [3.63, 3.8) is 0 Å². The molecule has 3 N–H and O–H groups in total. The van der Waals surface area contributed by atoms with Crippen LogP contribution in [0.25, 0.3) is 10.8 Å². The van der Waals surface area contributed by atoms with Crippen molar-refractivity contribution in [2.75, 3.05) is 0 Å². The summed E-state index contributed by atoms with van der Waals surface area (Å²) in [6, 6.07) is 12.8. The second-order valence-electron chi connectivity index (χ2n) is 10.00. The number of rotatable bonds is 10. The van der Waals surface area contributed by atoms with Gasteiger partial charge in [0.15, 0.2) is 5.75 Å². The van der Waals surface area contributed by atoms with E-state index >= 15 is 0 Å². The first kappa shape index (κ1) is 42.6. The van der Waals surface area contributed by atoms with E-state index in [0.717, 1.165) is 48.5 Å². The maximum Gasteiger partial charge on any atom is 1.00 e. The monoisotopic (exact) mass is 782 g/mol. The van der Waals surface area contributed by atoms with Gasteiger partial charge in [-0.2, -0.15) is 10.2 Å². The standard InChI is InChI=1S/C28H18N8O13S2.2Na/c37-23-13-24(38)21(12-20(23)31-29-15-1-5-17(6-2-15)35(40)41)32-33-22-11-19(50(44,45)46)9-14-10-25(51(47,48)49)27(28(39)26(14)22)34-30-16-3-7-18(8-4-16)36(42)43;;/h1-13,37-39H,(H,44,45,46)(H,47,48,49);;/q;2*+1/p-2. The Balaban J connectivity index is 0.00000378. The predicted molar refractivity (Wildman–Crippen MR) is 170 cm³/mol. The molecule has 53 heavy (non-hydrogen) atoms. The molecule has 0 spiro atoms. The number of aromatic hydroxyl groups is 3. The van der Waals surface area contributed by atoms with Crippen molar-refractivity contribution < 1.29 is 110 Å². The zero-order chi connectivity index (χ0) is 37.2. The van der Waals surface area contributed by atoms with E-state index in [1.54, 1.807) is 0 Å². The molecule has 0 aliphatic carbocycles. The zero-order valence-electron chi connectivity index (χ0n) is 26.8. The summed E-state index contributed by atoms with van der Waals surface area (Å²) in [6.45, 7) is 0. The van der Waals surface area contributed by atoms with Gasteiger partial charge in [-0.15, -0.1) is 20.5 Å². The summed E-state index contributed by atoms with van der Waals surface area (Å²) in [6.07, 6.45) is 0. The molecule has 0 heterocycles. The largest absolute Gasteiger partial charge is 1.00 e. The van der Waals surface area contributed by atoms with Crippen LogP contribution in [0, 0.1) is 20.2 Å². The van der Waals surface area contributed by atoms with Crippen molar-refractivity contribution in [3.8, 4) is 17.2 Å². The van der Waals surface area contributed by atoms with Gasteiger partial charge in [0.25, 0.3) is 11.4 Å². The smallest absolute Gasteiger partial charge is 0.744 e. The van der Waals surface area contributed by atoms with E-state index in [-0.39, 0.29) is 87.6 Å². The van der Waals surface area contributed by atoms with Crippen LogP contribution in [-0.4, -0.2) is 51.1 Å². The minimum atomic E-state index is -5.47. The predicted octanol–water partition coefficient (Wildman–Crippen LogP) is 0.835. The second-order valence-corrected chi connectivity index (χ2v) is 12.7. The number of nitro benzene ring substituents is 2. The topological polar surface area (TPSA) is 336 Å². The molecule has 5 aromatic rings. The number of phenols is 3. The van der Waals surface area contributed by atoms with Gasteiger partial charge in [0.05, 0.1) is 42.1 Å². The number of nitrogens with zero attached hydrogens (tertiary/aromatic N) is 8. The van der Waals surface area contributed by atoms with E-state index in [1.807, 2.05) is 0 Å². The van der Waals surface area contributed by atoms with E-state index in [9.17, 15) is 61.5 Å². The molecular weight excluding hydrogens is 766 g/mol. The molecule has 0 amide bonds. The average molecular weight is 783 g/mol. The van der Waals surface area contributed by atoms with Crippen LogP contribution in [-0.2, 0) is 20.2 Å². The van der Waals surface area contributed by atoms with Crippen molar-refractivity contribution in [3.05, 3.63) is 99.1 Å². The molecule has 0 atom stereocenters. The van der Waals surface area contributed by atoms with Crippen molar-refractivity contribution in [1.29, 1.82) is 0 Å². The van der Waals surface area contributed by atoms with Gasteiger partial charge >= 0.3 is 59.1 Å². The van der Waals surface area contributed by atoms with Crippen LogP contribution >= 0.6 is 0 Å². The van der Waals surface area contributed by atoms with E-state index in [1.165, 1.54) is 12.1 Å². The molecule has 0 saturated carbocycles. The van der Waals surface area contributed by atoms with Gasteiger partial charge in [-0.25, -0.2) is 16.8 Å². The number of phenolic OH excluding ortho intramolecular Hbond substituents is 3. The van der Waals surface area contributed by atoms with Gasteiger partial charge in [-0.1, -0.05) is 0 Å². The normalized spacial score (nSPS) is 11.9. The second kappa shape index (κ2) is 16.9. The van der Waals surface area contributed by atoms with Gasteiger partial charge < -0.3 is 24.4 Å². The summed E-state index contributed by atoms with van der Waals surface area (Å²) in [7, 11) is -10.8. The molecule has 0 bridgehead atoms. The molecule has 0 unspecified atom stereocenters. The fourth-order valence-electron chi connectivity index (χ4n) is 4.27. The van der Waals surface area contributed by atoms with E-state index < -0.39 is 85.0 Å². The minimum absolute atomic E-state index is 0. The molecule has 21 nitrogen and oxygen atoms in total. The van der Waals surface area contributed by atoms with Gasteiger partial charge in [0.1, 0.15) is 48.8 Å². The Kier molecular flexibility index (Phi) is 13.6. The molecule has 5 aromatic carbocycles. The number of hydrogen-bond donors (Lipinski definition) is 3. The molecular formula is C28H16N8Na2O13S2. The van der Waals surface area contributed by atoms with Crippen LogP contribution in [0.15, 0.2) is 119 Å². The summed E-state index contributed by atoms with van der Waals surface area (Å²) < 4.78 is 72.5. The van der Waals surface area contributed by atoms with Crippen molar-refractivity contribution >= 4 is 76.5 Å². The molecule has 0 saturated heterocycles. The molecule has 0 radical (unpaired) electrons. The SMILES string of the molecule is O=[N+]([O-])c1ccc(N=Nc2cc(N=Nc3cc(S(=O)(=O)[O-])cc4cc(S(=O)(=O)[O-])c(N=Nc5ccc([N+](=O)[O-])cc5)c(O)c34)c(O)cc2O)cc1.[Na+].[Na+]. The van der Waals surface area contributed by atoms with Gasteiger partial charge in [-0.3, -0.25) is 20.2 Å². The van der Waals surface area contributed by atoms with Crippen LogP contribution < -0.4 is 59.1 Å². The molecule has 25 heteroatoms. The van der Waals surface area contributed by atoms with Gasteiger partial charge in [-0.05, 0) is 47.9 Å². The Morgan fingerprint density at radius 3 is 1.45 bits per heavy atom. The van der Waals surface area contributed by atoms with Crippen LogP contribution in [0.5, 0.6) is 17.2 Å². The number of hydrogen-bond acceptors (Lipinski definition) is 19. The van der Waals surface area contributed by atoms with Crippen molar-refractivity contribution in [1.82, 2.24) is 0 Å². The van der Waals surface area contributed by atoms with Crippen LogP contribution in [0.4, 0.5) is 45.5 Å². The third-order valence-corrected chi connectivity index (χ3v) is 8.32. The fourth-order valence-corrected chi connectivity index (χ4v) is 5.45. The first-order valence-electron chi connectivity index (χ1n) is 13.5. The summed E-state index contributed by atoms with van der Waals surface area (Å²) >= 11 is 0. The Hall–Kier alpha value is -4.82. The third kappa shape index (κ3) is 9.99. The molecule has 0 fully saturated rings. The Morgan fingerprint density at radius 2 is 1.00 bits per heavy atom. The first-order valence-corrected chi connectivity index (χ1v) is 16.3. The quantitative estimate of drug-likeness (QED) is 0.0582. The number of benzene rings is 5. The zero-order valence-corrected chi connectivity index (χ0v) is 32.5. The van der Waals surface area contributed by atoms with E-state index in [2.05, 4.69) is 30.7 Å². The molecule has 0 aliphatic heterocycles. The van der Waals surface area contributed by atoms with Gasteiger partial charge in [0.2, 0.25) is 0 Å². The van der Waals surface area contributed by atoms with Gasteiger partial charge in [0, 0.05) is 36.4 Å². The number of non-ortho nitro benzene ring substituents is 2. The number of nitro groups is 2. The van der Waals surface area contributed by atoms with Crippen molar-refractivity contribution in [2.24, 2.45) is 30.7 Å². The summed E-state index contributed by atoms with van der Waals surface area (Å²) in [4.78, 5) is 18.3. The van der Waals surface area contributed by atoms with Crippen LogP contribution in [0.3, 0.4) is 0 Å². The van der Waals surface area contributed by atoms with E-state index in [0.29, 0.717) is 18.2 Å². The summed E-state index contributed by atoms with van der Waals surface area (Å²) in [5.41, 5.74) is -2.80. The third-order valence-electron chi connectivity index (χ3n) is 6.66. The molecule has 260 valence electrons. The van der Waals surface area contributed by atoms with Crippen LogP contribution in [0.1, 0.15) is 0 Å². The summed E-state index contributed by atoms with van der Waals surface area (Å²) in [5, 5.41) is 75.2. The van der Waals surface area contributed by atoms with Crippen molar-refractivity contribution in [2.45, 2.75) is 9.79 Å². The maximum atomic E-state index is 12.2. The Morgan fingerprint density at radius 1 is 0.547 bits per heavy atom. The van der Waals surface area contributed by atoms with Crippen LogP contribution in [0.2, 0.25) is 0 Å². The Bertz CT molecular complexity index is 2570. The fraction of sp³-hybridized carbons (Fsp3) is 0. The first-order chi connectivity index (χ1) is 23.9. The number of fused-ring (bicyclic) bond motifs is 1. The summed E-state index contributed by atoms with van der Waals surface area (Å²) in [5.74, 6) is -2.40. The van der Waals surface area contributed by atoms with E-state index in [4.69, 9.17) is 0 Å².